The highest BCUT2D eigenvalue weighted by Gasteiger charge is 2.09. The Morgan fingerprint density at radius 2 is 2.05 bits per heavy atom. The molecule has 0 saturated carbocycles. The average Bonchev–Trinajstić information content (AvgIpc) is 2.41. The Hall–Kier alpha value is -1.56. The number of carbonyl (C=O) groups is 1. The molecule has 1 rings (SSSR count). The van der Waals surface area contributed by atoms with Gasteiger partial charge < -0.3 is 15.3 Å². The molecule has 2 N–H and O–H groups in total. The van der Waals surface area contributed by atoms with Crippen LogP contribution < -0.4 is 5.73 Å². The van der Waals surface area contributed by atoms with Crippen molar-refractivity contribution in [2.45, 2.75) is 20.3 Å². The van der Waals surface area contributed by atoms with Crippen LogP contribution in [0.15, 0.2) is 33.9 Å². The second-order valence-electron chi connectivity index (χ2n) is 4.33. The Bertz CT molecular complexity index is 460. The number of nitrogens with two attached hydrogens (primary N) is 1. The Morgan fingerprint density at radius 3 is 2.65 bits per heavy atom. The van der Waals surface area contributed by atoms with Crippen LogP contribution >= 0.6 is 15.9 Å². The molecule has 6 heteroatoms. The number of esters is 1. The lowest BCUT2D eigenvalue weighted by Gasteiger charge is -2.10. The summed E-state index contributed by atoms with van der Waals surface area (Å²) in [4.78, 5) is 15.9. The molecule has 0 aromatic heterocycles. The molecule has 0 bridgehead atoms. The first-order valence-corrected chi connectivity index (χ1v) is 7.17. The number of hydrogen-bond donors (Lipinski definition) is 1. The van der Waals surface area contributed by atoms with Gasteiger partial charge in [0.25, 0.3) is 0 Å². The third-order valence-electron chi connectivity index (χ3n) is 2.62. The third-order valence-corrected chi connectivity index (χ3v) is 3.15. The van der Waals surface area contributed by atoms with Gasteiger partial charge in [0, 0.05) is 10.4 Å². The minimum atomic E-state index is -0.454. The number of benzene rings is 1. The molecular weight excluding hydrogens is 324 g/mol. The standard InChI is InChI=1S/C14H19BrN2O3/c1-3-19-13(18)9-20-17-14(16)10(2)8-11-4-6-12(15)7-5-11/h4-7,10H,3,8-9H2,1-2H3,(H2,16,17)/t10-/m0/s1. The second-order valence-corrected chi connectivity index (χ2v) is 5.24. The van der Waals surface area contributed by atoms with Crippen molar-refractivity contribution in [1.82, 2.24) is 0 Å². The monoisotopic (exact) mass is 342 g/mol. The van der Waals surface area contributed by atoms with Crippen LogP contribution in [0.25, 0.3) is 0 Å². The molecule has 0 unspecified atom stereocenters. The summed E-state index contributed by atoms with van der Waals surface area (Å²) < 4.78 is 5.75. The van der Waals surface area contributed by atoms with Crippen LogP contribution in [0.3, 0.4) is 0 Å². The number of nitrogens with zero attached hydrogens (tertiary/aromatic N) is 1. The average molecular weight is 343 g/mol. The number of halogens is 1. The van der Waals surface area contributed by atoms with Gasteiger partial charge >= 0.3 is 5.97 Å². The zero-order chi connectivity index (χ0) is 15.0. The van der Waals surface area contributed by atoms with E-state index in [2.05, 4.69) is 21.1 Å². The van der Waals surface area contributed by atoms with E-state index in [4.69, 9.17) is 15.3 Å². The highest BCUT2D eigenvalue weighted by atomic mass is 79.9. The van der Waals surface area contributed by atoms with Crippen LogP contribution in [-0.4, -0.2) is 25.0 Å². The molecule has 0 radical (unpaired) electrons. The molecule has 0 saturated heterocycles. The molecule has 0 amide bonds. The van der Waals surface area contributed by atoms with E-state index in [1.807, 2.05) is 31.2 Å². The third kappa shape index (κ3) is 6.06. The van der Waals surface area contributed by atoms with Gasteiger partial charge in [0.15, 0.2) is 0 Å². The topological polar surface area (TPSA) is 73.9 Å². The summed E-state index contributed by atoms with van der Waals surface area (Å²) in [7, 11) is 0. The Balaban J connectivity index is 2.43. The van der Waals surface area contributed by atoms with E-state index in [0.29, 0.717) is 12.4 Å². The van der Waals surface area contributed by atoms with E-state index in [1.54, 1.807) is 6.92 Å². The summed E-state index contributed by atoms with van der Waals surface area (Å²) in [5, 5.41) is 3.74. The molecule has 0 fully saturated rings. The van der Waals surface area contributed by atoms with Gasteiger partial charge in [0.1, 0.15) is 5.84 Å². The van der Waals surface area contributed by atoms with Crippen LogP contribution in [0.1, 0.15) is 19.4 Å². The maximum absolute atomic E-state index is 11.1. The number of amidine groups is 1. The SMILES string of the molecule is CCOC(=O)CO/N=C(\N)[C@@H](C)Cc1ccc(Br)cc1. The van der Waals surface area contributed by atoms with E-state index >= 15 is 0 Å². The number of hydrogen-bond acceptors (Lipinski definition) is 4. The van der Waals surface area contributed by atoms with Crippen molar-refractivity contribution in [2.75, 3.05) is 13.2 Å². The highest BCUT2D eigenvalue weighted by Crippen LogP contribution is 2.14. The maximum atomic E-state index is 11.1. The smallest absolute Gasteiger partial charge is 0.347 e. The molecule has 1 aromatic carbocycles. The van der Waals surface area contributed by atoms with Gasteiger partial charge in [-0.25, -0.2) is 4.79 Å². The summed E-state index contributed by atoms with van der Waals surface area (Å²) in [5.41, 5.74) is 6.98. The largest absolute Gasteiger partial charge is 0.463 e. The lowest BCUT2D eigenvalue weighted by molar-refractivity contribution is -0.148. The molecule has 0 aliphatic heterocycles. The van der Waals surface area contributed by atoms with Crippen LogP contribution in [0.2, 0.25) is 0 Å². The molecule has 0 heterocycles. The summed E-state index contributed by atoms with van der Waals surface area (Å²) in [6, 6.07) is 8.00. The number of oxime groups is 1. The quantitative estimate of drug-likeness (QED) is 0.357. The summed E-state index contributed by atoms with van der Waals surface area (Å²) >= 11 is 3.39. The highest BCUT2D eigenvalue weighted by molar-refractivity contribution is 9.10. The molecule has 0 aliphatic rings. The molecule has 5 nitrogen and oxygen atoms in total. The molecule has 110 valence electrons. The van der Waals surface area contributed by atoms with Gasteiger partial charge in [-0.15, -0.1) is 0 Å². The Morgan fingerprint density at radius 1 is 1.40 bits per heavy atom. The molecule has 20 heavy (non-hydrogen) atoms. The Labute approximate surface area is 127 Å². The van der Waals surface area contributed by atoms with Crippen molar-refractivity contribution in [3.05, 3.63) is 34.3 Å². The number of ether oxygens (including phenoxy) is 1. The summed E-state index contributed by atoms with van der Waals surface area (Å²) in [5.74, 6) is -0.0693. The first kappa shape index (κ1) is 16.5. The first-order valence-electron chi connectivity index (χ1n) is 6.38. The number of carbonyl (C=O) groups excluding carboxylic acids is 1. The minimum absolute atomic E-state index is 0.0263. The molecule has 0 aliphatic carbocycles. The maximum Gasteiger partial charge on any atom is 0.347 e. The predicted molar refractivity (Wildman–Crippen MR) is 81.2 cm³/mol. The van der Waals surface area contributed by atoms with E-state index < -0.39 is 5.97 Å². The molecule has 0 spiro atoms. The fraction of sp³-hybridized carbons (Fsp3) is 0.429. The van der Waals surface area contributed by atoms with Gasteiger partial charge in [-0.3, -0.25) is 0 Å². The van der Waals surface area contributed by atoms with E-state index in [-0.39, 0.29) is 12.5 Å². The van der Waals surface area contributed by atoms with Crippen molar-refractivity contribution in [1.29, 1.82) is 0 Å². The lowest BCUT2D eigenvalue weighted by atomic mass is 10.0. The van der Waals surface area contributed by atoms with Crippen LogP contribution in [0.5, 0.6) is 0 Å². The van der Waals surface area contributed by atoms with Crippen LogP contribution in [0, 0.1) is 5.92 Å². The molecule has 1 atom stereocenters. The van der Waals surface area contributed by atoms with Gasteiger partial charge in [0.05, 0.1) is 6.61 Å². The molecule has 1 aromatic rings. The molecular formula is C14H19BrN2O3. The van der Waals surface area contributed by atoms with Gasteiger partial charge in [0.2, 0.25) is 6.61 Å². The van der Waals surface area contributed by atoms with Gasteiger partial charge in [-0.1, -0.05) is 40.1 Å². The van der Waals surface area contributed by atoms with Crippen molar-refractivity contribution in [3.8, 4) is 0 Å². The van der Waals surface area contributed by atoms with Crippen molar-refractivity contribution in [3.63, 3.8) is 0 Å². The van der Waals surface area contributed by atoms with Gasteiger partial charge in [-0.2, -0.15) is 0 Å². The van der Waals surface area contributed by atoms with Gasteiger partial charge in [-0.05, 0) is 31.0 Å². The zero-order valence-corrected chi connectivity index (χ0v) is 13.2. The van der Waals surface area contributed by atoms with Crippen molar-refractivity contribution >= 4 is 27.7 Å². The lowest BCUT2D eigenvalue weighted by Crippen LogP contribution is -2.24. The van der Waals surface area contributed by atoms with Crippen molar-refractivity contribution < 1.29 is 14.4 Å². The Kier molecular flexibility index (Phi) is 7.08. The van der Waals surface area contributed by atoms with E-state index in [1.165, 1.54) is 0 Å². The summed E-state index contributed by atoms with van der Waals surface area (Å²) in [6.45, 7) is 3.78. The predicted octanol–water partition coefficient (Wildman–Crippen LogP) is 2.48. The first-order chi connectivity index (χ1) is 9.52. The normalized spacial score (nSPS) is 12.8. The van der Waals surface area contributed by atoms with Crippen molar-refractivity contribution in [2.24, 2.45) is 16.8 Å². The minimum Gasteiger partial charge on any atom is -0.463 e. The second kappa shape index (κ2) is 8.58. The van der Waals surface area contributed by atoms with E-state index in [0.717, 1.165) is 16.5 Å². The fourth-order valence-corrected chi connectivity index (χ4v) is 1.80. The number of rotatable bonds is 7. The fourth-order valence-electron chi connectivity index (χ4n) is 1.53. The van der Waals surface area contributed by atoms with Crippen LogP contribution in [0.4, 0.5) is 0 Å². The van der Waals surface area contributed by atoms with E-state index in [9.17, 15) is 4.79 Å². The van der Waals surface area contributed by atoms with Crippen LogP contribution in [-0.2, 0) is 20.8 Å². The summed E-state index contributed by atoms with van der Waals surface area (Å²) in [6.07, 6.45) is 0.755. The zero-order valence-electron chi connectivity index (χ0n) is 11.6.